The lowest BCUT2D eigenvalue weighted by molar-refractivity contribution is -0.0161. The predicted octanol–water partition coefficient (Wildman–Crippen LogP) is 1.32. The third kappa shape index (κ3) is 3.69. The maximum Gasteiger partial charge on any atom is 0.0681 e. The molecule has 110 valence electrons. The van der Waals surface area contributed by atoms with Gasteiger partial charge in [0.2, 0.25) is 0 Å². The van der Waals surface area contributed by atoms with E-state index in [-0.39, 0.29) is 12.1 Å². The summed E-state index contributed by atoms with van der Waals surface area (Å²) in [6.07, 6.45) is 7.22. The van der Waals surface area contributed by atoms with E-state index in [0.717, 1.165) is 32.7 Å². The normalized spacial score (nSPS) is 28.3. The van der Waals surface area contributed by atoms with E-state index < -0.39 is 0 Å². The molecule has 0 aromatic rings. The Morgan fingerprint density at radius 1 is 1.11 bits per heavy atom. The third-order valence-electron chi connectivity index (χ3n) is 4.76. The molecule has 0 aromatic carbocycles. The number of rotatable bonds is 8. The average Bonchev–Trinajstić information content (AvgIpc) is 3.31. The molecule has 19 heavy (non-hydrogen) atoms. The highest BCUT2D eigenvalue weighted by Gasteiger charge is 2.47. The molecule has 0 aromatic heterocycles. The van der Waals surface area contributed by atoms with Crippen LogP contribution in [0.15, 0.2) is 0 Å². The van der Waals surface area contributed by atoms with Crippen LogP contribution in [0.25, 0.3) is 0 Å². The van der Waals surface area contributed by atoms with Crippen molar-refractivity contribution in [1.29, 1.82) is 0 Å². The Morgan fingerprint density at radius 3 is 2.42 bits per heavy atom. The van der Waals surface area contributed by atoms with Crippen molar-refractivity contribution < 1.29 is 14.6 Å². The summed E-state index contributed by atoms with van der Waals surface area (Å²) < 4.78 is 11.4. The lowest BCUT2D eigenvalue weighted by Crippen LogP contribution is -2.55. The van der Waals surface area contributed by atoms with Gasteiger partial charge in [-0.3, -0.25) is 0 Å². The molecule has 4 heteroatoms. The summed E-state index contributed by atoms with van der Waals surface area (Å²) in [6.45, 7) is 3.46. The van der Waals surface area contributed by atoms with Crippen LogP contribution in [-0.4, -0.2) is 49.7 Å². The summed E-state index contributed by atoms with van der Waals surface area (Å²) in [5, 5.41) is 13.5. The van der Waals surface area contributed by atoms with Gasteiger partial charge in [-0.2, -0.15) is 0 Å². The second-order valence-electron chi connectivity index (χ2n) is 6.58. The van der Waals surface area contributed by atoms with Gasteiger partial charge in [-0.05, 0) is 50.4 Å². The summed E-state index contributed by atoms with van der Waals surface area (Å²) in [5.74, 6) is 1.26. The molecular weight excluding hydrogens is 242 g/mol. The smallest absolute Gasteiger partial charge is 0.0681 e. The second kappa shape index (κ2) is 6.08. The van der Waals surface area contributed by atoms with Gasteiger partial charge >= 0.3 is 0 Å². The van der Waals surface area contributed by atoms with E-state index in [0.29, 0.717) is 24.5 Å². The minimum atomic E-state index is -0.160. The first-order valence-corrected chi connectivity index (χ1v) is 7.86. The van der Waals surface area contributed by atoms with E-state index in [4.69, 9.17) is 9.47 Å². The summed E-state index contributed by atoms with van der Waals surface area (Å²) in [6, 6.07) is 0.624. The monoisotopic (exact) mass is 269 g/mol. The van der Waals surface area contributed by atoms with Crippen LogP contribution in [0.1, 0.15) is 38.5 Å². The van der Waals surface area contributed by atoms with Crippen LogP contribution in [0, 0.1) is 11.8 Å². The molecule has 3 aliphatic rings. The number of ether oxygens (including phenoxy) is 2. The Hall–Kier alpha value is -0.160. The van der Waals surface area contributed by atoms with Crippen LogP contribution in [0.2, 0.25) is 0 Å². The summed E-state index contributed by atoms with van der Waals surface area (Å²) in [5.41, 5.74) is -0.160. The summed E-state index contributed by atoms with van der Waals surface area (Å²) in [4.78, 5) is 0. The molecule has 3 rings (SSSR count). The van der Waals surface area contributed by atoms with Gasteiger partial charge in [0.1, 0.15) is 0 Å². The Labute approximate surface area is 115 Å². The van der Waals surface area contributed by atoms with Gasteiger partial charge in [0.25, 0.3) is 0 Å². The van der Waals surface area contributed by atoms with E-state index in [2.05, 4.69) is 5.32 Å². The molecule has 1 atom stereocenters. The maximum absolute atomic E-state index is 9.84. The zero-order chi connectivity index (χ0) is 13.1. The standard InChI is InChI=1S/C15H27NO3/c17-10-15(13-1-2-13,16-14-3-4-14)11-19-9-12-5-7-18-8-6-12/h12-14,16-17H,1-11H2. The lowest BCUT2D eigenvalue weighted by Gasteiger charge is -2.34. The molecule has 1 unspecified atom stereocenters. The Bertz CT molecular complexity index is 285. The van der Waals surface area contributed by atoms with Gasteiger partial charge in [-0.15, -0.1) is 0 Å². The molecule has 0 spiro atoms. The highest BCUT2D eigenvalue weighted by atomic mass is 16.5. The fourth-order valence-electron chi connectivity index (χ4n) is 3.09. The van der Waals surface area contributed by atoms with Gasteiger partial charge in [0, 0.05) is 25.9 Å². The van der Waals surface area contributed by atoms with E-state index in [1.54, 1.807) is 0 Å². The second-order valence-corrected chi connectivity index (χ2v) is 6.58. The molecule has 4 nitrogen and oxygen atoms in total. The van der Waals surface area contributed by atoms with Crippen LogP contribution < -0.4 is 5.32 Å². The zero-order valence-electron chi connectivity index (χ0n) is 11.8. The largest absolute Gasteiger partial charge is 0.394 e. The van der Waals surface area contributed by atoms with Crippen LogP contribution in [0.5, 0.6) is 0 Å². The van der Waals surface area contributed by atoms with Crippen LogP contribution in [-0.2, 0) is 9.47 Å². The first-order chi connectivity index (χ1) is 9.32. The molecule has 0 radical (unpaired) electrons. The van der Waals surface area contributed by atoms with Crippen molar-refractivity contribution >= 4 is 0 Å². The first-order valence-electron chi connectivity index (χ1n) is 7.86. The topological polar surface area (TPSA) is 50.7 Å². The number of hydrogen-bond donors (Lipinski definition) is 2. The molecule has 3 fully saturated rings. The molecule has 1 aliphatic heterocycles. The van der Waals surface area contributed by atoms with Crippen LogP contribution in [0.3, 0.4) is 0 Å². The number of nitrogens with one attached hydrogen (secondary N) is 1. The molecule has 2 aliphatic carbocycles. The first kappa shape index (κ1) is 13.8. The Morgan fingerprint density at radius 2 is 1.84 bits per heavy atom. The van der Waals surface area contributed by atoms with Gasteiger partial charge in [-0.25, -0.2) is 0 Å². The van der Waals surface area contributed by atoms with Gasteiger partial charge in [0.15, 0.2) is 0 Å². The van der Waals surface area contributed by atoms with Crippen molar-refractivity contribution in [2.75, 3.05) is 33.0 Å². The minimum Gasteiger partial charge on any atom is -0.394 e. The van der Waals surface area contributed by atoms with E-state index in [1.165, 1.54) is 25.7 Å². The molecule has 1 heterocycles. The molecule has 2 saturated carbocycles. The molecule has 0 amide bonds. The fraction of sp³-hybridized carbons (Fsp3) is 1.00. The van der Waals surface area contributed by atoms with Crippen molar-refractivity contribution in [3.8, 4) is 0 Å². The average molecular weight is 269 g/mol. The molecular formula is C15H27NO3. The van der Waals surface area contributed by atoms with Crippen molar-refractivity contribution in [1.82, 2.24) is 5.32 Å². The van der Waals surface area contributed by atoms with Gasteiger partial charge in [-0.1, -0.05) is 0 Å². The highest BCUT2D eigenvalue weighted by molar-refractivity contribution is 5.04. The van der Waals surface area contributed by atoms with Crippen LogP contribution >= 0.6 is 0 Å². The van der Waals surface area contributed by atoms with Crippen LogP contribution in [0.4, 0.5) is 0 Å². The van der Waals surface area contributed by atoms with Crippen molar-refractivity contribution in [2.24, 2.45) is 11.8 Å². The molecule has 2 N–H and O–H groups in total. The molecule has 1 saturated heterocycles. The molecule has 0 bridgehead atoms. The van der Waals surface area contributed by atoms with E-state index in [1.807, 2.05) is 0 Å². The van der Waals surface area contributed by atoms with E-state index in [9.17, 15) is 5.11 Å². The lowest BCUT2D eigenvalue weighted by atomic mass is 9.94. The highest BCUT2D eigenvalue weighted by Crippen LogP contribution is 2.41. The Balaban J connectivity index is 1.46. The maximum atomic E-state index is 9.84. The SMILES string of the molecule is OCC(COCC1CCOCC1)(NC1CC1)C1CC1. The van der Waals surface area contributed by atoms with Crippen molar-refractivity contribution in [3.05, 3.63) is 0 Å². The van der Waals surface area contributed by atoms with E-state index >= 15 is 0 Å². The quantitative estimate of drug-likeness (QED) is 0.698. The van der Waals surface area contributed by atoms with Crippen molar-refractivity contribution in [3.63, 3.8) is 0 Å². The number of hydrogen-bond acceptors (Lipinski definition) is 4. The minimum absolute atomic E-state index is 0.160. The Kier molecular flexibility index (Phi) is 4.42. The van der Waals surface area contributed by atoms with Crippen molar-refractivity contribution in [2.45, 2.75) is 50.1 Å². The summed E-state index contributed by atoms with van der Waals surface area (Å²) in [7, 11) is 0. The number of aliphatic hydroxyl groups is 1. The third-order valence-corrected chi connectivity index (χ3v) is 4.76. The summed E-state index contributed by atoms with van der Waals surface area (Å²) >= 11 is 0. The zero-order valence-corrected chi connectivity index (χ0v) is 11.8. The predicted molar refractivity (Wildman–Crippen MR) is 73.1 cm³/mol. The van der Waals surface area contributed by atoms with Gasteiger partial charge in [0.05, 0.1) is 18.8 Å². The fourth-order valence-corrected chi connectivity index (χ4v) is 3.09. The van der Waals surface area contributed by atoms with Gasteiger partial charge < -0.3 is 19.9 Å². The number of aliphatic hydroxyl groups excluding tert-OH is 1.